The van der Waals surface area contributed by atoms with Crippen LogP contribution in [0.5, 0.6) is 0 Å². The molecule has 0 amide bonds. The number of nitrogens with zero attached hydrogens (tertiary/aromatic N) is 2. The van der Waals surface area contributed by atoms with E-state index >= 15 is 0 Å². The first-order valence-electron chi connectivity index (χ1n) is 8.42. The number of nitrogens with one attached hydrogen (secondary N) is 1. The topological polar surface area (TPSA) is 44.8 Å². The zero-order valence-electron chi connectivity index (χ0n) is 13.4. The summed E-state index contributed by atoms with van der Waals surface area (Å²) in [4.78, 5) is 17.4. The average Bonchev–Trinajstić information content (AvgIpc) is 3.31. The van der Waals surface area contributed by atoms with Crippen LogP contribution in [0.1, 0.15) is 38.5 Å². The molecule has 1 saturated heterocycles. The van der Waals surface area contributed by atoms with E-state index in [-0.39, 0.29) is 5.97 Å². The Hall–Kier alpha value is -0.650. The van der Waals surface area contributed by atoms with Gasteiger partial charge in [0.05, 0.1) is 7.11 Å². The molecule has 0 bridgehead atoms. The van der Waals surface area contributed by atoms with E-state index in [0.29, 0.717) is 12.1 Å². The van der Waals surface area contributed by atoms with Crippen LogP contribution >= 0.6 is 0 Å². The highest BCUT2D eigenvalue weighted by Crippen LogP contribution is 2.35. The smallest absolute Gasteiger partial charge is 0.326 e. The molecule has 1 N–H and O–H groups in total. The van der Waals surface area contributed by atoms with Crippen LogP contribution in [-0.4, -0.2) is 73.7 Å². The highest BCUT2D eigenvalue weighted by molar-refractivity contribution is 5.81. The Morgan fingerprint density at radius 1 is 1.19 bits per heavy atom. The van der Waals surface area contributed by atoms with Crippen molar-refractivity contribution < 1.29 is 9.53 Å². The molecule has 120 valence electrons. The van der Waals surface area contributed by atoms with Crippen LogP contribution in [-0.2, 0) is 9.53 Å². The van der Waals surface area contributed by atoms with E-state index in [1.807, 2.05) is 0 Å². The van der Waals surface area contributed by atoms with Gasteiger partial charge < -0.3 is 9.64 Å². The summed E-state index contributed by atoms with van der Waals surface area (Å²) in [6, 6.07) is 1.06. The zero-order chi connectivity index (χ0) is 14.9. The van der Waals surface area contributed by atoms with Gasteiger partial charge in [0.15, 0.2) is 0 Å². The van der Waals surface area contributed by atoms with E-state index in [1.165, 1.54) is 26.4 Å². The first-order chi connectivity index (χ1) is 10.1. The Morgan fingerprint density at radius 2 is 1.90 bits per heavy atom. The second kappa shape index (κ2) is 6.23. The summed E-state index contributed by atoms with van der Waals surface area (Å²) in [5.74, 6) is -0.0479. The zero-order valence-corrected chi connectivity index (χ0v) is 13.4. The second-order valence-corrected chi connectivity index (χ2v) is 7.08. The Morgan fingerprint density at radius 3 is 2.52 bits per heavy atom. The summed E-state index contributed by atoms with van der Waals surface area (Å²) in [7, 11) is 3.71. The Bertz CT molecular complexity index is 378. The van der Waals surface area contributed by atoms with Gasteiger partial charge in [-0.25, -0.2) is 0 Å². The number of carbonyl (C=O) groups excluding carboxylic acids is 1. The van der Waals surface area contributed by atoms with Crippen molar-refractivity contribution in [2.75, 3.05) is 40.3 Å². The van der Waals surface area contributed by atoms with E-state index in [1.54, 1.807) is 0 Å². The fraction of sp³-hybridized carbons (Fsp3) is 0.938. The van der Waals surface area contributed by atoms with Crippen LogP contribution in [0.15, 0.2) is 0 Å². The summed E-state index contributed by atoms with van der Waals surface area (Å²) in [6.07, 6.45) is 6.59. The molecule has 0 aromatic rings. The number of carbonyl (C=O) groups is 1. The molecule has 2 atom stereocenters. The van der Waals surface area contributed by atoms with Crippen LogP contribution in [0.3, 0.4) is 0 Å². The molecule has 0 aromatic heterocycles. The van der Waals surface area contributed by atoms with Crippen molar-refractivity contribution in [1.29, 1.82) is 0 Å². The van der Waals surface area contributed by atoms with Crippen molar-refractivity contribution in [3.63, 3.8) is 0 Å². The number of ether oxygens (including phenoxy) is 1. The SMILES string of the molecule is COC(=O)C1(NC2CC2)CCCC(N2CCN(C)CC2)C1. The maximum Gasteiger partial charge on any atom is 0.326 e. The third-order valence-corrected chi connectivity index (χ3v) is 5.41. The molecule has 0 radical (unpaired) electrons. The number of likely N-dealkylation sites (N-methyl/N-ethyl adjacent to an activating group) is 1. The van der Waals surface area contributed by atoms with E-state index in [0.717, 1.165) is 45.4 Å². The molecule has 1 aliphatic heterocycles. The molecular weight excluding hydrogens is 266 g/mol. The lowest BCUT2D eigenvalue weighted by molar-refractivity contribution is -0.151. The third kappa shape index (κ3) is 3.41. The normalized spacial score (nSPS) is 35.6. The van der Waals surface area contributed by atoms with Crippen molar-refractivity contribution >= 4 is 5.97 Å². The van der Waals surface area contributed by atoms with Crippen LogP contribution in [0, 0.1) is 0 Å². The Balaban J connectivity index is 1.68. The minimum atomic E-state index is -0.428. The maximum atomic E-state index is 12.4. The van der Waals surface area contributed by atoms with Crippen molar-refractivity contribution in [2.24, 2.45) is 0 Å². The fourth-order valence-electron chi connectivity index (χ4n) is 3.93. The van der Waals surface area contributed by atoms with Gasteiger partial charge in [-0.1, -0.05) is 0 Å². The molecule has 5 heteroatoms. The molecule has 3 rings (SSSR count). The van der Waals surface area contributed by atoms with Crippen molar-refractivity contribution in [2.45, 2.75) is 56.1 Å². The van der Waals surface area contributed by atoms with Crippen molar-refractivity contribution in [3.05, 3.63) is 0 Å². The van der Waals surface area contributed by atoms with E-state index in [9.17, 15) is 4.79 Å². The summed E-state index contributed by atoms with van der Waals surface area (Å²) < 4.78 is 5.15. The lowest BCUT2D eigenvalue weighted by Crippen LogP contribution is -2.61. The van der Waals surface area contributed by atoms with E-state index in [4.69, 9.17) is 4.74 Å². The molecule has 0 aromatic carbocycles. The number of hydrogen-bond acceptors (Lipinski definition) is 5. The molecule has 0 spiro atoms. The van der Waals surface area contributed by atoms with Gasteiger partial charge in [-0.05, 0) is 45.6 Å². The first-order valence-corrected chi connectivity index (χ1v) is 8.42. The Labute approximate surface area is 128 Å². The van der Waals surface area contributed by atoms with Crippen molar-refractivity contribution in [3.8, 4) is 0 Å². The second-order valence-electron chi connectivity index (χ2n) is 7.08. The fourth-order valence-corrected chi connectivity index (χ4v) is 3.93. The molecule has 3 fully saturated rings. The van der Waals surface area contributed by atoms with Gasteiger partial charge in [0.2, 0.25) is 0 Å². The maximum absolute atomic E-state index is 12.4. The van der Waals surface area contributed by atoms with Gasteiger partial charge >= 0.3 is 5.97 Å². The third-order valence-electron chi connectivity index (χ3n) is 5.41. The van der Waals surface area contributed by atoms with Crippen molar-refractivity contribution in [1.82, 2.24) is 15.1 Å². The van der Waals surface area contributed by atoms with Gasteiger partial charge in [0, 0.05) is 38.3 Å². The van der Waals surface area contributed by atoms with Gasteiger partial charge in [0.25, 0.3) is 0 Å². The minimum absolute atomic E-state index is 0.0479. The molecule has 1 heterocycles. The van der Waals surface area contributed by atoms with E-state index < -0.39 is 5.54 Å². The highest BCUT2D eigenvalue weighted by Gasteiger charge is 2.47. The summed E-state index contributed by atoms with van der Waals surface area (Å²) in [5.41, 5.74) is -0.428. The molecule has 5 nitrogen and oxygen atoms in total. The highest BCUT2D eigenvalue weighted by atomic mass is 16.5. The summed E-state index contributed by atoms with van der Waals surface area (Å²) >= 11 is 0. The number of hydrogen-bond donors (Lipinski definition) is 1. The average molecular weight is 295 g/mol. The van der Waals surface area contributed by atoms with Gasteiger partial charge in [0.1, 0.15) is 5.54 Å². The molecule has 21 heavy (non-hydrogen) atoms. The number of rotatable bonds is 4. The van der Waals surface area contributed by atoms with Crippen LogP contribution in [0.2, 0.25) is 0 Å². The number of esters is 1. The molecule has 2 aliphatic carbocycles. The Kier molecular flexibility index (Phi) is 4.52. The van der Waals surface area contributed by atoms with Crippen LogP contribution in [0.25, 0.3) is 0 Å². The predicted octanol–water partition coefficient (Wildman–Crippen LogP) is 0.840. The van der Waals surface area contributed by atoms with E-state index in [2.05, 4.69) is 22.2 Å². The van der Waals surface area contributed by atoms with Gasteiger partial charge in [-0.2, -0.15) is 0 Å². The monoisotopic (exact) mass is 295 g/mol. The minimum Gasteiger partial charge on any atom is -0.468 e. The standard InChI is InChI=1S/C16H29N3O2/c1-18-8-10-19(11-9-18)14-4-3-7-16(12-14,15(20)21-2)17-13-5-6-13/h13-14,17H,3-12H2,1-2H3. The van der Waals surface area contributed by atoms with Gasteiger partial charge in [-0.15, -0.1) is 0 Å². The first kappa shape index (κ1) is 15.3. The predicted molar refractivity (Wildman–Crippen MR) is 82.2 cm³/mol. The summed E-state index contributed by atoms with van der Waals surface area (Å²) in [6.45, 7) is 4.53. The lowest BCUT2D eigenvalue weighted by atomic mass is 9.78. The molecule has 3 aliphatic rings. The number of methoxy groups -OCH3 is 1. The lowest BCUT2D eigenvalue weighted by Gasteiger charge is -2.45. The molecular formula is C16H29N3O2. The summed E-state index contributed by atoms with van der Waals surface area (Å²) in [5, 5.41) is 3.62. The number of piperazine rings is 1. The van der Waals surface area contributed by atoms with Crippen LogP contribution in [0.4, 0.5) is 0 Å². The quantitative estimate of drug-likeness (QED) is 0.779. The van der Waals surface area contributed by atoms with Gasteiger partial charge in [-0.3, -0.25) is 15.0 Å². The van der Waals surface area contributed by atoms with Crippen LogP contribution < -0.4 is 5.32 Å². The molecule has 2 saturated carbocycles. The largest absolute Gasteiger partial charge is 0.468 e. The molecule has 2 unspecified atom stereocenters.